The molecule has 0 unspecified atom stereocenters. The first-order chi connectivity index (χ1) is 9.82. The summed E-state index contributed by atoms with van der Waals surface area (Å²) in [6.45, 7) is 3.12. The van der Waals surface area contributed by atoms with E-state index in [1.165, 1.54) is 22.8 Å². The monoisotopic (exact) mass is 286 g/mol. The second-order valence-electron chi connectivity index (χ2n) is 4.68. The van der Waals surface area contributed by atoms with E-state index in [4.69, 9.17) is 5.73 Å². The van der Waals surface area contributed by atoms with Crippen LogP contribution in [0.25, 0.3) is 5.69 Å². The van der Waals surface area contributed by atoms with E-state index < -0.39 is 11.9 Å². The van der Waals surface area contributed by atoms with Crippen molar-refractivity contribution in [3.63, 3.8) is 0 Å². The summed E-state index contributed by atoms with van der Waals surface area (Å²) >= 11 is 0. The van der Waals surface area contributed by atoms with Gasteiger partial charge in [-0.15, -0.1) is 0 Å². The Bertz CT molecular complexity index is 806. The molecular weight excluding hydrogens is 272 g/mol. The largest absolute Gasteiger partial charge is 0.478 e. The molecule has 0 saturated carbocycles. The third-order valence-corrected chi connectivity index (χ3v) is 3.25. The lowest BCUT2D eigenvalue weighted by Gasteiger charge is -2.14. The quantitative estimate of drug-likeness (QED) is 0.886. The lowest BCUT2D eigenvalue weighted by molar-refractivity contribution is 0.0694. The first-order valence-corrected chi connectivity index (χ1v) is 6.19. The Balaban J connectivity index is 2.78. The van der Waals surface area contributed by atoms with E-state index >= 15 is 0 Å². The second-order valence-corrected chi connectivity index (χ2v) is 4.68. The van der Waals surface area contributed by atoms with Crippen molar-refractivity contribution >= 4 is 11.9 Å². The summed E-state index contributed by atoms with van der Waals surface area (Å²) in [7, 11) is 0. The number of hydrogen-bond donors (Lipinski definition) is 2. The highest BCUT2D eigenvalue weighted by atomic mass is 16.4. The van der Waals surface area contributed by atoms with E-state index in [1.54, 1.807) is 26.0 Å². The highest BCUT2D eigenvalue weighted by molar-refractivity contribution is 5.93. The minimum Gasteiger partial charge on any atom is -0.478 e. The molecule has 0 spiro atoms. The van der Waals surface area contributed by atoms with Crippen LogP contribution in [0.2, 0.25) is 0 Å². The number of rotatable bonds is 3. The van der Waals surface area contributed by atoms with Gasteiger partial charge in [0.1, 0.15) is 0 Å². The van der Waals surface area contributed by atoms with E-state index in [0.29, 0.717) is 16.9 Å². The lowest BCUT2D eigenvalue weighted by atomic mass is 10.1. The molecule has 1 aromatic heterocycles. The first kappa shape index (κ1) is 14.5. The van der Waals surface area contributed by atoms with Crippen molar-refractivity contribution in [1.82, 2.24) is 4.57 Å². The van der Waals surface area contributed by atoms with Gasteiger partial charge >= 0.3 is 5.97 Å². The van der Waals surface area contributed by atoms with Gasteiger partial charge in [0.2, 0.25) is 5.91 Å². The third kappa shape index (κ3) is 2.55. The molecule has 6 nitrogen and oxygen atoms in total. The third-order valence-electron chi connectivity index (χ3n) is 3.25. The van der Waals surface area contributed by atoms with Crippen molar-refractivity contribution < 1.29 is 14.7 Å². The van der Waals surface area contributed by atoms with E-state index in [1.807, 2.05) is 0 Å². The number of carbonyl (C=O) groups is 2. The van der Waals surface area contributed by atoms with Gasteiger partial charge in [-0.25, -0.2) is 4.79 Å². The van der Waals surface area contributed by atoms with Gasteiger partial charge in [-0.3, -0.25) is 14.2 Å². The fourth-order valence-electron chi connectivity index (χ4n) is 2.33. The molecule has 0 radical (unpaired) electrons. The van der Waals surface area contributed by atoms with Gasteiger partial charge in [-0.2, -0.15) is 0 Å². The molecule has 0 fully saturated rings. The van der Waals surface area contributed by atoms with Crippen molar-refractivity contribution in [2.24, 2.45) is 5.73 Å². The number of amides is 1. The Labute approximate surface area is 120 Å². The van der Waals surface area contributed by atoms with Crippen LogP contribution in [0.15, 0.2) is 35.1 Å². The van der Waals surface area contributed by atoms with Crippen molar-refractivity contribution in [1.29, 1.82) is 0 Å². The van der Waals surface area contributed by atoms with Crippen LogP contribution in [0, 0.1) is 13.8 Å². The van der Waals surface area contributed by atoms with E-state index in [9.17, 15) is 19.5 Å². The molecule has 108 valence electrons. The second kappa shape index (κ2) is 5.24. The Morgan fingerprint density at radius 1 is 1.19 bits per heavy atom. The molecule has 0 aliphatic rings. The van der Waals surface area contributed by atoms with Crippen LogP contribution in [0.3, 0.4) is 0 Å². The zero-order valence-electron chi connectivity index (χ0n) is 11.6. The number of carbonyl (C=O) groups excluding carboxylic acids is 1. The Morgan fingerprint density at radius 2 is 1.86 bits per heavy atom. The number of carboxylic acid groups (broad SMARTS) is 1. The number of primary amides is 1. The van der Waals surface area contributed by atoms with Crippen molar-refractivity contribution in [3.8, 4) is 5.69 Å². The topological polar surface area (TPSA) is 102 Å². The van der Waals surface area contributed by atoms with E-state index in [-0.39, 0.29) is 16.7 Å². The molecule has 0 atom stereocenters. The normalized spacial score (nSPS) is 10.4. The molecule has 0 aliphatic carbocycles. The number of carboxylic acids is 1. The summed E-state index contributed by atoms with van der Waals surface area (Å²) in [5, 5.41) is 9.26. The molecule has 6 heteroatoms. The summed E-state index contributed by atoms with van der Waals surface area (Å²) in [5.41, 5.74) is 6.26. The number of hydrogen-bond acceptors (Lipinski definition) is 3. The molecule has 0 aliphatic heterocycles. The number of aromatic nitrogens is 1. The molecule has 2 aromatic rings. The fourth-order valence-corrected chi connectivity index (χ4v) is 2.33. The number of aryl methyl sites for hydroxylation is 1. The number of nitrogens with zero attached hydrogens (tertiary/aromatic N) is 1. The van der Waals surface area contributed by atoms with Crippen molar-refractivity contribution in [2.75, 3.05) is 0 Å². The predicted molar refractivity (Wildman–Crippen MR) is 77.0 cm³/mol. The molecule has 2 rings (SSSR count). The standard InChI is InChI=1S/C15H14N2O4/c1-8-6-12(18)17(9(2)13(8)15(20)21)11-5-3-4-10(7-11)14(16)19/h3-7H,1-2H3,(H2,16,19)(H,20,21). The molecule has 1 amide bonds. The Morgan fingerprint density at radius 3 is 2.43 bits per heavy atom. The summed E-state index contributed by atoms with van der Waals surface area (Å²) in [6.07, 6.45) is 0. The highest BCUT2D eigenvalue weighted by Crippen LogP contribution is 2.16. The Hall–Kier alpha value is -2.89. The number of nitrogens with two attached hydrogens (primary N) is 1. The van der Waals surface area contributed by atoms with Gasteiger partial charge < -0.3 is 10.8 Å². The zero-order valence-corrected chi connectivity index (χ0v) is 11.6. The minimum absolute atomic E-state index is 0.0686. The van der Waals surface area contributed by atoms with Gasteiger partial charge in [-0.1, -0.05) is 6.07 Å². The molecule has 1 aromatic carbocycles. The number of pyridine rings is 1. The van der Waals surface area contributed by atoms with Gasteiger partial charge in [0.05, 0.1) is 5.56 Å². The zero-order chi connectivity index (χ0) is 15.7. The maximum absolute atomic E-state index is 12.2. The summed E-state index contributed by atoms with van der Waals surface area (Å²) in [6, 6.07) is 7.44. The maximum atomic E-state index is 12.2. The van der Waals surface area contributed by atoms with Crippen LogP contribution >= 0.6 is 0 Å². The Kier molecular flexibility index (Phi) is 3.62. The SMILES string of the molecule is Cc1cc(=O)n(-c2cccc(C(N)=O)c2)c(C)c1C(=O)O. The van der Waals surface area contributed by atoms with Gasteiger partial charge in [-0.05, 0) is 37.6 Å². The smallest absolute Gasteiger partial charge is 0.337 e. The summed E-state index contributed by atoms with van der Waals surface area (Å²) in [5.74, 6) is -1.72. The minimum atomic E-state index is -1.11. The molecule has 1 heterocycles. The van der Waals surface area contributed by atoms with Gasteiger partial charge in [0.15, 0.2) is 0 Å². The average molecular weight is 286 g/mol. The average Bonchev–Trinajstić information content (AvgIpc) is 2.37. The number of benzene rings is 1. The van der Waals surface area contributed by atoms with Crippen molar-refractivity contribution in [3.05, 3.63) is 63.1 Å². The lowest BCUT2D eigenvalue weighted by Crippen LogP contribution is -2.24. The highest BCUT2D eigenvalue weighted by Gasteiger charge is 2.17. The molecular formula is C15H14N2O4. The van der Waals surface area contributed by atoms with E-state index in [2.05, 4.69) is 0 Å². The number of aromatic carboxylic acids is 1. The predicted octanol–water partition coefficient (Wildman–Crippen LogP) is 1.25. The summed E-state index contributed by atoms with van der Waals surface area (Å²) in [4.78, 5) is 34.7. The maximum Gasteiger partial charge on any atom is 0.337 e. The first-order valence-electron chi connectivity index (χ1n) is 6.19. The fraction of sp³-hybridized carbons (Fsp3) is 0.133. The molecule has 3 N–H and O–H groups in total. The van der Waals surface area contributed by atoms with Crippen LogP contribution in [0.5, 0.6) is 0 Å². The van der Waals surface area contributed by atoms with Crippen LogP contribution in [-0.4, -0.2) is 21.6 Å². The molecule has 0 bridgehead atoms. The van der Waals surface area contributed by atoms with Gasteiger partial charge in [0, 0.05) is 23.0 Å². The van der Waals surface area contributed by atoms with Crippen LogP contribution < -0.4 is 11.3 Å². The van der Waals surface area contributed by atoms with Crippen LogP contribution in [-0.2, 0) is 0 Å². The van der Waals surface area contributed by atoms with Crippen LogP contribution in [0.4, 0.5) is 0 Å². The van der Waals surface area contributed by atoms with Crippen LogP contribution in [0.1, 0.15) is 32.0 Å². The molecule has 21 heavy (non-hydrogen) atoms. The summed E-state index contributed by atoms with van der Waals surface area (Å²) < 4.78 is 1.25. The van der Waals surface area contributed by atoms with Crippen molar-refractivity contribution in [2.45, 2.75) is 13.8 Å². The van der Waals surface area contributed by atoms with E-state index in [0.717, 1.165) is 0 Å². The molecule has 0 saturated heterocycles. The van der Waals surface area contributed by atoms with Gasteiger partial charge in [0.25, 0.3) is 5.56 Å².